The molecule has 1 heterocycles. The van der Waals surface area contributed by atoms with E-state index in [-0.39, 0.29) is 5.91 Å². The van der Waals surface area contributed by atoms with Gasteiger partial charge in [0, 0.05) is 25.5 Å². The molecule has 0 spiro atoms. The lowest BCUT2D eigenvalue weighted by Gasteiger charge is -2.31. The molecular weight excluding hydrogens is 226 g/mol. The number of hydrogen-bond donors (Lipinski definition) is 1. The summed E-state index contributed by atoms with van der Waals surface area (Å²) in [5, 5.41) is 0. The van der Waals surface area contributed by atoms with Crippen LogP contribution >= 0.6 is 0 Å². The molecule has 4 heteroatoms. The van der Waals surface area contributed by atoms with Crippen LogP contribution in [0.1, 0.15) is 32.3 Å². The highest BCUT2D eigenvalue weighted by Crippen LogP contribution is 2.39. The van der Waals surface area contributed by atoms with Crippen LogP contribution < -0.4 is 5.73 Å². The van der Waals surface area contributed by atoms with Gasteiger partial charge in [0.25, 0.3) is 0 Å². The highest BCUT2D eigenvalue weighted by molar-refractivity contribution is 5.86. The maximum absolute atomic E-state index is 12.5. The van der Waals surface area contributed by atoms with Crippen molar-refractivity contribution in [3.63, 3.8) is 0 Å². The van der Waals surface area contributed by atoms with E-state index in [4.69, 9.17) is 5.73 Å². The maximum atomic E-state index is 12.5. The van der Waals surface area contributed by atoms with Gasteiger partial charge in [0.15, 0.2) is 0 Å². The Bertz CT molecular complexity index is 412. The number of pyridine rings is 1. The van der Waals surface area contributed by atoms with Crippen molar-refractivity contribution in [1.29, 1.82) is 0 Å². The summed E-state index contributed by atoms with van der Waals surface area (Å²) in [4.78, 5) is 18.3. The summed E-state index contributed by atoms with van der Waals surface area (Å²) in [6, 6.07) is 3.86. The van der Waals surface area contributed by atoms with Crippen LogP contribution in [-0.2, 0) is 11.3 Å². The molecule has 2 N–H and O–H groups in total. The zero-order valence-corrected chi connectivity index (χ0v) is 11.1. The quantitative estimate of drug-likeness (QED) is 0.859. The number of hydrogen-bond acceptors (Lipinski definition) is 3. The van der Waals surface area contributed by atoms with Gasteiger partial charge >= 0.3 is 0 Å². The van der Waals surface area contributed by atoms with E-state index >= 15 is 0 Å². The molecule has 1 atom stereocenters. The van der Waals surface area contributed by atoms with E-state index in [1.165, 1.54) is 0 Å². The second kappa shape index (κ2) is 5.06. The first-order chi connectivity index (χ1) is 8.55. The van der Waals surface area contributed by atoms with Crippen molar-refractivity contribution in [1.82, 2.24) is 9.88 Å². The monoisotopic (exact) mass is 247 g/mol. The predicted molar refractivity (Wildman–Crippen MR) is 70.6 cm³/mol. The number of carbonyl (C=O) groups is 1. The summed E-state index contributed by atoms with van der Waals surface area (Å²) in [5.74, 6) is 0.417. The van der Waals surface area contributed by atoms with Crippen LogP contribution in [0.25, 0.3) is 0 Å². The Balaban J connectivity index is 2.06. The number of nitrogens with zero attached hydrogens (tertiary/aromatic N) is 2. The number of likely N-dealkylation sites (N-methyl/N-ethyl adjacent to an activating group) is 1. The van der Waals surface area contributed by atoms with E-state index in [0.717, 1.165) is 18.4 Å². The highest BCUT2D eigenvalue weighted by Gasteiger charge is 2.45. The molecule has 0 saturated heterocycles. The van der Waals surface area contributed by atoms with Gasteiger partial charge < -0.3 is 10.6 Å². The number of aromatic nitrogens is 1. The fourth-order valence-electron chi connectivity index (χ4n) is 2.23. The summed E-state index contributed by atoms with van der Waals surface area (Å²) in [5.41, 5.74) is 6.58. The summed E-state index contributed by atoms with van der Waals surface area (Å²) in [6.07, 6.45) is 5.64. The number of carbonyl (C=O) groups excluding carboxylic acids is 1. The Morgan fingerprint density at radius 1 is 1.50 bits per heavy atom. The normalized spacial score (nSPS) is 18.2. The average molecular weight is 247 g/mol. The lowest BCUT2D eigenvalue weighted by Crippen LogP contribution is -2.54. The molecule has 2 rings (SSSR count). The molecule has 1 aromatic heterocycles. The molecule has 1 unspecified atom stereocenters. The van der Waals surface area contributed by atoms with Gasteiger partial charge in [-0.2, -0.15) is 0 Å². The van der Waals surface area contributed by atoms with E-state index < -0.39 is 5.54 Å². The third-order valence-corrected chi connectivity index (χ3v) is 3.68. The molecule has 1 saturated carbocycles. The Morgan fingerprint density at radius 3 is 2.61 bits per heavy atom. The van der Waals surface area contributed by atoms with Crippen LogP contribution in [0.2, 0.25) is 0 Å². The van der Waals surface area contributed by atoms with Crippen molar-refractivity contribution >= 4 is 5.91 Å². The molecule has 0 aliphatic heterocycles. The zero-order chi connectivity index (χ0) is 13.2. The van der Waals surface area contributed by atoms with Crippen LogP contribution in [0.15, 0.2) is 24.5 Å². The molecule has 0 radical (unpaired) electrons. The molecule has 1 fully saturated rings. The van der Waals surface area contributed by atoms with Crippen molar-refractivity contribution in [2.45, 2.75) is 38.8 Å². The van der Waals surface area contributed by atoms with Crippen LogP contribution in [0.5, 0.6) is 0 Å². The van der Waals surface area contributed by atoms with Crippen molar-refractivity contribution < 1.29 is 4.79 Å². The lowest BCUT2D eigenvalue weighted by atomic mass is 9.95. The molecule has 18 heavy (non-hydrogen) atoms. The van der Waals surface area contributed by atoms with Crippen molar-refractivity contribution in [2.75, 3.05) is 6.54 Å². The third-order valence-electron chi connectivity index (χ3n) is 3.68. The largest absolute Gasteiger partial charge is 0.337 e. The fraction of sp³-hybridized carbons (Fsp3) is 0.571. The van der Waals surface area contributed by atoms with Gasteiger partial charge in [0.2, 0.25) is 5.91 Å². The van der Waals surface area contributed by atoms with Crippen molar-refractivity contribution in [3.05, 3.63) is 30.1 Å². The molecule has 98 valence electrons. The zero-order valence-electron chi connectivity index (χ0n) is 11.1. The summed E-state index contributed by atoms with van der Waals surface area (Å²) in [7, 11) is 0. The van der Waals surface area contributed by atoms with E-state index in [2.05, 4.69) is 4.98 Å². The minimum Gasteiger partial charge on any atom is -0.337 e. The SMILES string of the molecule is CCN(Cc1ccncc1)C(=O)C(C)(N)C1CC1. The molecule has 1 aliphatic rings. The van der Waals surface area contributed by atoms with Gasteiger partial charge in [0.1, 0.15) is 0 Å². The Morgan fingerprint density at radius 2 is 2.11 bits per heavy atom. The Hall–Kier alpha value is -1.42. The smallest absolute Gasteiger partial charge is 0.242 e. The Labute approximate surface area is 108 Å². The molecule has 4 nitrogen and oxygen atoms in total. The third kappa shape index (κ3) is 2.70. The van der Waals surface area contributed by atoms with Gasteiger partial charge in [-0.05, 0) is 50.3 Å². The maximum Gasteiger partial charge on any atom is 0.242 e. The first kappa shape index (κ1) is 13.0. The van der Waals surface area contributed by atoms with E-state index in [1.54, 1.807) is 12.4 Å². The van der Waals surface area contributed by atoms with Crippen molar-refractivity contribution in [2.24, 2.45) is 11.7 Å². The van der Waals surface area contributed by atoms with Crippen molar-refractivity contribution in [3.8, 4) is 0 Å². The van der Waals surface area contributed by atoms with Crippen LogP contribution in [-0.4, -0.2) is 27.9 Å². The van der Waals surface area contributed by atoms with E-state index in [0.29, 0.717) is 19.0 Å². The minimum absolute atomic E-state index is 0.0595. The topological polar surface area (TPSA) is 59.2 Å². The average Bonchev–Trinajstić information content (AvgIpc) is 3.21. The standard InChI is InChI=1S/C14H21N3O/c1-3-17(10-11-6-8-16-9-7-11)13(18)14(2,15)12-4-5-12/h6-9,12H,3-5,10,15H2,1-2H3. The van der Waals surface area contributed by atoms with Gasteiger partial charge in [-0.15, -0.1) is 0 Å². The van der Waals surface area contributed by atoms with Crippen LogP contribution in [0.4, 0.5) is 0 Å². The number of nitrogens with two attached hydrogens (primary N) is 1. The number of amides is 1. The van der Waals surface area contributed by atoms with Crippen LogP contribution in [0.3, 0.4) is 0 Å². The summed E-state index contributed by atoms with van der Waals surface area (Å²) in [6.45, 7) is 5.14. The minimum atomic E-state index is -0.705. The molecule has 1 amide bonds. The second-order valence-electron chi connectivity index (χ2n) is 5.23. The second-order valence-corrected chi connectivity index (χ2v) is 5.23. The molecule has 0 aromatic carbocycles. The Kier molecular flexibility index (Phi) is 3.66. The lowest BCUT2D eigenvalue weighted by molar-refractivity contribution is -0.137. The number of rotatable bonds is 5. The van der Waals surface area contributed by atoms with Gasteiger partial charge in [-0.1, -0.05) is 0 Å². The van der Waals surface area contributed by atoms with Crippen LogP contribution in [0, 0.1) is 5.92 Å². The summed E-state index contributed by atoms with van der Waals surface area (Å²) >= 11 is 0. The molecule has 1 aromatic rings. The summed E-state index contributed by atoms with van der Waals surface area (Å²) < 4.78 is 0. The van der Waals surface area contributed by atoms with E-state index in [9.17, 15) is 4.79 Å². The molecule has 1 aliphatic carbocycles. The van der Waals surface area contributed by atoms with Gasteiger partial charge in [-0.3, -0.25) is 9.78 Å². The first-order valence-electron chi connectivity index (χ1n) is 6.53. The first-order valence-corrected chi connectivity index (χ1v) is 6.53. The van der Waals surface area contributed by atoms with E-state index in [1.807, 2.05) is 30.9 Å². The van der Waals surface area contributed by atoms with Gasteiger partial charge in [-0.25, -0.2) is 0 Å². The molecule has 0 bridgehead atoms. The molecular formula is C14H21N3O. The predicted octanol–water partition coefficient (Wildman–Crippen LogP) is 1.56. The fourth-order valence-corrected chi connectivity index (χ4v) is 2.23. The highest BCUT2D eigenvalue weighted by atomic mass is 16.2. The van der Waals surface area contributed by atoms with Gasteiger partial charge in [0.05, 0.1) is 5.54 Å².